The highest BCUT2D eigenvalue weighted by Crippen LogP contribution is 2.43. The van der Waals surface area contributed by atoms with E-state index in [9.17, 15) is 13.2 Å². The second-order valence-corrected chi connectivity index (χ2v) is 9.76. The van der Waals surface area contributed by atoms with Crippen molar-refractivity contribution in [1.29, 1.82) is 0 Å². The Hall–Kier alpha value is -2.38. The van der Waals surface area contributed by atoms with E-state index >= 15 is 0 Å². The van der Waals surface area contributed by atoms with Crippen LogP contribution in [0.25, 0.3) is 0 Å². The molecule has 4 rings (SSSR count). The molecular weight excluding hydrogens is 400 g/mol. The van der Waals surface area contributed by atoms with Gasteiger partial charge in [-0.25, -0.2) is 13.1 Å². The number of sulfonamides is 1. The summed E-state index contributed by atoms with van der Waals surface area (Å²) in [5, 5.41) is 0. The number of carbonyl (C=O) groups is 1. The Bertz CT molecular complexity index is 1030. The number of ether oxygens (including phenoxy) is 1. The molecule has 0 bridgehead atoms. The highest BCUT2D eigenvalue weighted by molar-refractivity contribution is 7.89. The van der Waals surface area contributed by atoms with Crippen molar-refractivity contribution >= 4 is 21.6 Å². The van der Waals surface area contributed by atoms with Crippen molar-refractivity contribution in [3.63, 3.8) is 0 Å². The van der Waals surface area contributed by atoms with E-state index in [0.717, 1.165) is 36.3 Å². The Morgan fingerprint density at radius 3 is 2.43 bits per heavy atom. The van der Waals surface area contributed by atoms with Crippen molar-refractivity contribution in [1.82, 2.24) is 4.72 Å². The molecule has 7 heteroatoms. The molecule has 160 valence electrons. The number of amides is 1. The maximum Gasteiger partial charge on any atom is 0.241 e. The van der Waals surface area contributed by atoms with Crippen LogP contribution in [-0.2, 0) is 14.8 Å². The molecule has 1 fully saturated rings. The Balaban J connectivity index is 1.60. The molecule has 1 amide bonds. The third-order valence-electron chi connectivity index (χ3n) is 6.32. The summed E-state index contributed by atoms with van der Waals surface area (Å²) in [6.07, 6.45) is 3.56. The fourth-order valence-corrected chi connectivity index (χ4v) is 5.60. The molecule has 0 saturated carbocycles. The number of benzene rings is 2. The van der Waals surface area contributed by atoms with Crippen molar-refractivity contribution in [2.24, 2.45) is 0 Å². The molecule has 1 N–H and O–H groups in total. The molecule has 1 saturated heterocycles. The zero-order chi connectivity index (χ0) is 21.4. The molecule has 2 aromatic carbocycles. The van der Waals surface area contributed by atoms with Gasteiger partial charge in [0.15, 0.2) is 0 Å². The SMILES string of the molecule is CCC1(CC)C[C@H](NS(=O)(=O)c2ccc(N3CCCC3=O)cc2)c2ccccc2O1. The van der Waals surface area contributed by atoms with Gasteiger partial charge in [-0.05, 0) is 49.6 Å². The van der Waals surface area contributed by atoms with Crippen LogP contribution in [0.4, 0.5) is 5.69 Å². The summed E-state index contributed by atoms with van der Waals surface area (Å²) in [5.41, 5.74) is 1.21. The quantitative estimate of drug-likeness (QED) is 0.749. The number of hydrogen-bond acceptors (Lipinski definition) is 4. The number of anilines is 1. The van der Waals surface area contributed by atoms with Gasteiger partial charge in [0, 0.05) is 30.6 Å². The number of para-hydroxylation sites is 1. The van der Waals surface area contributed by atoms with Gasteiger partial charge in [-0.2, -0.15) is 0 Å². The van der Waals surface area contributed by atoms with E-state index in [4.69, 9.17) is 4.74 Å². The molecule has 6 nitrogen and oxygen atoms in total. The first kappa shape index (κ1) is 20.9. The fraction of sp³-hybridized carbons (Fsp3) is 0.435. The highest BCUT2D eigenvalue weighted by atomic mass is 32.2. The highest BCUT2D eigenvalue weighted by Gasteiger charge is 2.40. The fourth-order valence-electron chi connectivity index (χ4n) is 4.39. The first-order valence-electron chi connectivity index (χ1n) is 10.6. The molecule has 2 aliphatic heterocycles. The van der Waals surface area contributed by atoms with Crippen molar-refractivity contribution < 1.29 is 17.9 Å². The van der Waals surface area contributed by atoms with Crippen LogP contribution in [0.2, 0.25) is 0 Å². The minimum Gasteiger partial charge on any atom is -0.487 e. The van der Waals surface area contributed by atoms with Gasteiger partial charge in [-0.1, -0.05) is 32.0 Å². The van der Waals surface area contributed by atoms with Crippen LogP contribution in [0.3, 0.4) is 0 Å². The van der Waals surface area contributed by atoms with Gasteiger partial charge in [0.1, 0.15) is 11.4 Å². The summed E-state index contributed by atoms with van der Waals surface area (Å²) in [6, 6.07) is 13.8. The number of nitrogens with one attached hydrogen (secondary N) is 1. The van der Waals surface area contributed by atoms with Gasteiger partial charge in [0.2, 0.25) is 15.9 Å². The van der Waals surface area contributed by atoms with Crippen LogP contribution < -0.4 is 14.4 Å². The molecule has 0 spiro atoms. The third-order valence-corrected chi connectivity index (χ3v) is 7.80. The standard InChI is InChI=1S/C23H28N2O4S/c1-3-23(4-2)16-20(19-8-5-6-9-21(19)29-23)24-30(27,28)18-13-11-17(12-14-18)25-15-7-10-22(25)26/h5-6,8-9,11-14,20,24H,3-4,7,10,15-16H2,1-2H3/t20-/m0/s1. The van der Waals surface area contributed by atoms with Gasteiger partial charge in [-0.3, -0.25) is 4.79 Å². The van der Waals surface area contributed by atoms with Gasteiger partial charge >= 0.3 is 0 Å². The van der Waals surface area contributed by atoms with E-state index < -0.39 is 10.0 Å². The van der Waals surface area contributed by atoms with Gasteiger partial charge in [0.05, 0.1) is 10.9 Å². The molecular formula is C23H28N2O4S. The second kappa shape index (κ2) is 8.04. The minimum absolute atomic E-state index is 0.0815. The second-order valence-electron chi connectivity index (χ2n) is 8.05. The number of fused-ring (bicyclic) bond motifs is 1. The van der Waals surface area contributed by atoms with Gasteiger partial charge in [-0.15, -0.1) is 0 Å². The normalized spacial score (nSPS) is 20.7. The molecule has 0 unspecified atom stereocenters. The van der Waals surface area contributed by atoms with Gasteiger partial charge < -0.3 is 9.64 Å². The summed E-state index contributed by atoms with van der Waals surface area (Å²) in [5.74, 6) is 0.820. The largest absolute Gasteiger partial charge is 0.487 e. The van der Waals surface area contributed by atoms with Crippen molar-refractivity contribution in [3.8, 4) is 5.75 Å². The van der Waals surface area contributed by atoms with Crippen molar-refractivity contribution in [2.75, 3.05) is 11.4 Å². The Labute approximate surface area is 178 Å². The Morgan fingerprint density at radius 1 is 1.10 bits per heavy atom. The topological polar surface area (TPSA) is 75.7 Å². The summed E-state index contributed by atoms with van der Waals surface area (Å²) in [6.45, 7) is 4.82. The van der Waals surface area contributed by atoms with E-state index in [1.165, 1.54) is 0 Å². The van der Waals surface area contributed by atoms with E-state index in [1.54, 1.807) is 29.2 Å². The van der Waals surface area contributed by atoms with Crippen LogP contribution in [-0.4, -0.2) is 26.5 Å². The number of nitrogens with zero attached hydrogens (tertiary/aromatic N) is 1. The molecule has 1 atom stereocenters. The summed E-state index contributed by atoms with van der Waals surface area (Å²) < 4.78 is 35.5. The average molecular weight is 429 g/mol. The number of rotatable bonds is 6. The molecule has 30 heavy (non-hydrogen) atoms. The smallest absolute Gasteiger partial charge is 0.241 e. The van der Waals surface area contributed by atoms with Crippen molar-refractivity contribution in [2.45, 2.75) is 62.5 Å². The molecule has 2 aliphatic rings. The summed E-state index contributed by atoms with van der Waals surface area (Å²) >= 11 is 0. The molecule has 2 heterocycles. The van der Waals surface area contributed by atoms with Crippen LogP contribution >= 0.6 is 0 Å². The molecule has 0 aromatic heterocycles. The predicted octanol–water partition coefficient (Wildman–Crippen LogP) is 4.17. The van der Waals surface area contributed by atoms with E-state index in [-0.39, 0.29) is 22.4 Å². The summed E-state index contributed by atoms with van der Waals surface area (Å²) in [7, 11) is -3.73. The van der Waals surface area contributed by atoms with Crippen LogP contribution in [0, 0.1) is 0 Å². The number of carbonyl (C=O) groups excluding carboxylic acids is 1. The predicted molar refractivity (Wildman–Crippen MR) is 116 cm³/mol. The first-order chi connectivity index (χ1) is 14.4. The lowest BCUT2D eigenvalue weighted by Gasteiger charge is -2.41. The van der Waals surface area contributed by atoms with E-state index in [2.05, 4.69) is 18.6 Å². The lowest BCUT2D eigenvalue weighted by Crippen LogP contribution is -2.44. The Morgan fingerprint density at radius 2 is 1.80 bits per heavy atom. The lowest BCUT2D eigenvalue weighted by molar-refractivity contribution is -0.117. The van der Waals surface area contributed by atoms with Gasteiger partial charge in [0.25, 0.3) is 0 Å². The Kier molecular flexibility index (Phi) is 5.59. The van der Waals surface area contributed by atoms with E-state index in [1.807, 2.05) is 24.3 Å². The number of hydrogen-bond donors (Lipinski definition) is 1. The van der Waals surface area contributed by atoms with Crippen molar-refractivity contribution in [3.05, 3.63) is 54.1 Å². The van der Waals surface area contributed by atoms with E-state index in [0.29, 0.717) is 19.4 Å². The molecule has 2 aromatic rings. The maximum atomic E-state index is 13.2. The monoisotopic (exact) mass is 428 g/mol. The lowest BCUT2D eigenvalue weighted by atomic mass is 9.84. The zero-order valence-corrected chi connectivity index (χ0v) is 18.2. The van der Waals surface area contributed by atoms with Crippen LogP contribution in [0.15, 0.2) is 53.4 Å². The summed E-state index contributed by atoms with van der Waals surface area (Å²) in [4.78, 5) is 13.8. The first-order valence-corrected chi connectivity index (χ1v) is 12.1. The van der Waals surface area contributed by atoms with Crippen LogP contribution in [0.5, 0.6) is 5.75 Å². The zero-order valence-electron chi connectivity index (χ0n) is 17.4. The molecule has 0 aliphatic carbocycles. The third kappa shape index (κ3) is 3.84. The van der Waals surface area contributed by atoms with Crippen LogP contribution in [0.1, 0.15) is 57.6 Å². The average Bonchev–Trinajstić information content (AvgIpc) is 3.19. The molecule has 0 radical (unpaired) electrons. The minimum atomic E-state index is -3.73. The maximum absolute atomic E-state index is 13.2.